The number of hydrogen-bond acceptors (Lipinski definition) is 11. The highest BCUT2D eigenvalue weighted by atomic mass is 19.3. The second kappa shape index (κ2) is 17.3. The van der Waals surface area contributed by atoms with Crippen molar-refractivity contribution >= 4 is 40.3 Å². The van der Waals surface area contributed by atoms with Gasteiger partial charge >= 0.3 is 5.69 Å². The predicted octanol–water partition coefficient (Wildman–Crippen LogP) is 5.52. The third-order valence-electron chi connectivity index (χ3n) is 12.8. The molecule has 0 spiro atoms. The summed E-state index contributed by atoms with van der Waals surface area (Å²) in [5.74, 6) is 0.795. The fourth-order valence-corrected chi connectivity index (χ4v) is 8.98. The van der Waals surface area contributed by atoms with Crippen molar-refractivity contribution in [2.24, 2.45) is 18.9 Å². The van der Waals surface area contributed by atoms with Gasteiger partial charge in [-0.05, 0) is 113 Å². The van der Waals surface area contributed by atoms with Crippen LogP contribution in [0, 0.1) is 11.8 Å². The van der Waals surface area contributed by atoms with Crippen LogP contribution in [0.5, 0.6) is 0 Å². The molecule has 1 saturated carbocycles. The van der Waals surface area contributed by atoms with E-state index in [-0.39, 0.29) is 41.3 Å². The number of aromatic nitrogens is 6. The fraction of sp³-hybridized carbons (Fsp3) is 0.512. The minimum atomic E-state index is -2.87. The topological polar surface area (TPSA) is 177 Å². The lowest BCUT2D eigenvalue weighted by Crippen LogP contribution is -2.44. The third-order valence-corrected chi connectivity index (χ3v) is 12.8. The SMILES string of the molecule is Cn1c(=O)n(C2CCC(=O)NC2=O)c2ccc(CN3CCC(CCN4CCC(n5cc(NC(=O)c6coc(-c7ccnc(NCC8CC8)c7)n6)c(C(F)F)n5)CC4)CC3)cc21. The van der Waals surface area contributed by atoms with E-state index >= 15 is 0 Å². The first-order chi connectivity index (χ1) is 29.6. The maximum absolute atomic E-state index is 14.2. The highest BCUT2D eigenvalue weighted by molar-refractivity contribution is 6.03. The van der Waals surface area contributed by atoms with Gasteiger partial charge in [0.15, 0.2) is 11.4 Å². The van der Waals surface area contributed by atoms with Crippen LogP contribution in [0.1, 0.15) is 98.0 Å². The zero-order valence-electron chi connectivity index (χ0n) is 34.2. The lowest BCUT2D eigenvalue weighted by Gasteiger charge is -2.35. The molecule has 3 saturated heterocycles. The van der Waals surface area contributed by atoms with Crippen LogP contribution in [0.4, 0.5) is 20.3 Å². The van der Waals surface area contributed by atoms with E-state index < -0.39 is 30.0 Å². The fourth-order valence-electron chi connectivity index (χ4n) is 8.98. The van der Waals surface area contributed by atoms with Crippen LogP contribution < -0.4 is 21.6 Å². The molecule has 5 aromatic rings. The van der Waals surface area contributed by atoms with Gasteiger partial charge in [-0.15, -0.1) is 0 Å². The Bertz CT molecular complexity index is 2470. The van der Waals surface area contributed by atoms with Crippen LogP contribution in [0.2, 0.25) is 0 Å². The number of imide groups is 1. The summed E-state index contributed by atoms with van der Waals surface area (Å²) in [6.45, 7) is 6.22. The molecule has 4 aliphatic rings. The first kappa shape index (κ1) is 40.6. The molecule has 322 valence electrons. The quantitative estimate of drug-likeness (QED) is 0.120. The van der Waals surface area contributed by atoms with Crippen molar-refractivity contribution in [3.05, 3.63) is 76.4 Å². The second-order valence-corrected chi connectivity index (χ2v) is 17.0. The molecule has 18 heteroatoms. The molecule has 61 heavy (non-hydrogen) atoms. The molecule has 7 heterocycles. The number of nitrogens with zero attached hydrogens (tertiary/aromatic N) is 8. The van der Waals surface area contributed by atoms with Gasteiger partial charge in [0.1, 0.15) is 18.1 Å². The standard InChI is InChI=1S/C43H51F2N11O5/c1-52-35-20-28(4-5-33(35)56(43(52)60)34-6-7-37(57)50-41(34)59)23-54-16-10-26(11-17-54)9-15-53-18-12-30(13-19-53)55-24-31(38(51-55)39(44)45)48-40(58)32-25-61-42(49-32)29-8-14-46-36(21-29)47-22-27-2-3-27/h4-5,8,14,20-21,24-27,30,34,39H,2-3,6-7,9-13,15-19,22-23H2,1H3,(H,46,47)(H,48,58)(H,50,57,59). The largest absolute Gasteiger partial charge is 0.444 e. The van der Waals surface area contributed by atoms with Crippen molar-refractivity contribution in [3.63, 3.8) is 0 Å². The highest BCUT2D eigenvalue weighted by Crippen LogP contribution is 2.33. The summed E-state index contributed by atoms with van der Waals surface area (Å²) in [7, 11) is 1.72. The van der Waals surface area contributed by atoms with Gasteiger partial charge in [0, 0.05) is 57.6 Å². The number of rotatable bonds is 14. The number of aryl methyl sites for hydroxylation is 1. The number of alkyl halides is 2. The minimum absolute atomic E-state index is 0.0290. The summed E-state index contributed by atoms with van der Waals surface area (Å²) in [4.78, 5) is 64.1. The average molecular weight is 840 g/mol. The third kappa shape index (κ3) is 9.00. The molecule has 0 bridgehead atoms. The Labute approximate surface area is 350 Å². The number of carbonyl (C=O) groups is 3. The summed E-state index contributed by atoms with van der Waals surface area (Å²) in [6, 6.07) is 8.74. The average Bonchev–Trinajstić information content (AvgIpc) is 3.68. The number of benzene rings is 1. The molecule has 4 fully saturated rings. The Balaban J connectivity index is 0.733. The Morgan fingerprint density at radius 1 is 0.951 bits per heavy atom. The number of piperidine rings is 3. The normalized spacial score (nSPS) is 19.8. The number of oxazole rings is 1. The van der Waals surface area contributed by atoms with Crippen molar-refractivity contribution in [3.8, 4) is 11.5 Å². The van der Waals surface area contributed by atoms with Crippen molar-refractivity contribution in [1.29, 1.82) is 0 Å². The molecule has 9 rings (SSSR count). The summed E-state index contributed by atoms with van der Waals surface area (Å²) in [5, 5.41) is 12.5. The number of fused-ring (bicyclic) bond motifs is 1. The molecular formula is C43H51F2N11O5. The van der Waals surface area contributed by atoms with Crippen molar-refractivity contribution in [2.45, 2.75) is 82.8 Å². The number of amides is 3. The van der Waals surface area contributed by atoms with Gasteiger partial charge in [-0.1, -0.05) is 6.07 Å². The molecule has 1 aromatic carbocycles. The summed E-state index contributed by atoms with van der Waals surface area (Å²) >= 11 is 0. The molecular weight excluding hydrogens is 789 g/mol. The molecule has 1 atom stereocenters. The number of halogens is 2. The van der Waals surface area contributed by atoms with E-state index in [2.05, 4.69) is 40.8 Å². The Morgan fingerprint density at radius 2 is 1.74 bits per heavy atom. The van der Waals surface area contributed by atoms with Crippen LogP contribution in [0.15, 0.2) is 58.2 Å². The van der Waals surface area contributed by atoms with Crippen LogP contribution in [-0.2, 0) is 23.2 Å². The van der Waals surface area contributed by atoms with E-state index in [0.29, 0.717) is 35.2 Å². The number of anilines is 2. The van der Waals surface area contributed by atoms with E-state index in [9.17, 15) is 28.0 Å². The summed E-state index contributed by atoms with van der Waals surface area (Å²) < 4.78 is 38.6. The smallest absolute Gasteiger partial charge is 0.329 e. The maximum atomic E-state index is 14.2. The highest BCUT2D eigenvalue weighted by Gasteiger charge is 2.32. The van der Waals surface area contributed by atoms with E-state index in [4.69, 9.17) is 4.42 Å². The number of carbonyl (C=O) groups excluding carboxylic acids is 3. The molecule has 4 aromatic heterocycles. The second-order valence-electron chi connectivity index (χ2n) is 17.0. The monoisotopic (exact) mass is 839 g/mol. The van der Waals surface area contributed by atoms with E-state index in [1.54, 1.807) is 34.6 Å². The van der Waals surface area contributed by atoms with Gasteiger partial charge in [-0.25, -0.2) is 23.5 Å². The first-order valence-corrected chi connectivity index (χ1v) is 21.4. The van der Waals surface area contributed by atoms with Gasteiger partial charge in [-0.2, -0.15) is 5.10 Å². The Morgan fingerprint density at radius 3 is 2.49 bits per heavy atom. The number of likely N-dealkylation sites (tertiary alicyclic amines) is 2. The lowest BCUT2D eigenvalue weighted by atomic mass is 9.92. The van der Waals surface area contributed by atoms with Gasteiger partial charge in [-0.3, -0.25) is 38.4 Å². The summed E-state index contributed by atoms with van der Waals surface area (Å²) in [6.07, 6.45) is 9.24. The van der Waals surface area contributed by atoms with E-state index in [1.807, 2.05) is 18.2 Å². The molecule has 0 radical (unpaired) electrons. The van der Waals surface area contributed by atoms with Crippen molar-refractivity contribution < 1.29 is 27.6 Å². The molecule has 16 nitrogen and oxygen atoms in total. The minimum Gasteiger partial charge on any atom is -0.444 e. The number of nitrogens with one attached hydrogen (secondary N) is 3. The van der Waals surface area contributed by atoms with Crippen LogP contribution in [0.25, 0.3) is 22.5 Å². The summed E-state index contributed by atoms with van der Waals surface area (Å²) in [5.41, 5.74) is 2.40. The molecule has 1 unspecified atom stereocenters. The number of hydrogen-bond donors (Lipinski definition) is 3. The molecule has 1 aliphatic carbocycles. The van der Waals surface area contributed by atoms with Gasteiger partial charge in [0.2, 0.25) is 17.7 Å². The number of imidazole rings is 1. The first-order valence-electron chi connectivity index (χ1n) is 21.4. The van der Waals surface area contributed by atoms with E-state index in [1.165, 1.54) is 29.9 Å². The van der Waals surface area contributed by atoms with Gasteiger partial charge in [0.05, 0.1) is 22.8 Å². The Hall–Kier alpha value is -5.75. The van der Waals surface area contributed by atoms with Crippen molar-refractivity contribution in [2.75, 3.05) is 49.9 Å². The molecule has 3 N–H and O–H groups in total. The van der Waals surface area contributed by atoms with Crippen LogP contribution in [-0.4, -0.2) is 95.7 Å². The maximum Gasteiger partial charge on any atom is 0.329 e. The lowest BCUT2D eigenvalue weighted by molar-refractivity contribution is -0.135. The van der Waals surface area contributed by atoms with Gasteiger partial charge in [0.25, 0.3) is 12.3 Å². The predicted molar refractivity (Wildman–Crippen MR) is 222 cm³/mol. The zero-order chi connectivity index (χ0) is 42.2. The van der Waals surface area contributed by atoms with Crippen molar-refractivity contribution in [1.82, 2.24) is 44.0 Å². The van der Waals surface area contributed by atoms with E-state index in [0.717, 1.165) is 89.0 Å². The molecule has 3 aliphatic heterocycles. The zero-order valence-corrected chi connectivity index (χ0v) is 34.2. The van der Waals surface area contributed by atoms with Gasteiger partial charge < -0.3 is 20.0 Å². The Kier molecular flexibility index (Phi) is 11.5. The van der Waals surface area contributed by atoms with Crippen LogP contribution >= 0.6 is 0 Å². The molecule has 3 amide bonds. The van der Waals surface area contributed by atoms with Crippen LogP contribution in [0.3, 0.4) is 0 Å². The number of pyridine rings is 1.